The molecule has 0 spiro atoms. The number of hydrogen-bond donors (Lipinski definition) is 2. The lowest BCUT2D eigenvalue weighted by molar-refractivity contribution is 0.251. The number of ether oxygens (including phenoxy) is 2. The van der Waals surface area contributed by atoms with Crippen LogP contribution >= 0.6 is 0 Å². The Balaban J connectivity index is 1.37. The van der Waals surface area contributed by atoms with Gasteiger partial charge in [-0.05, 0) is 43.2 Å². The minimum absolute atomic E-state index is 0.217. The van der Waals surface area contributed by atoms with Gasteiger partial charge in [0.05, 0.1) is 36.9 Å². The summed E-state index contributed by atoms with van der Waals surface area (Å²) in [5, 5.41) is 13.7. The number of amides is 2. The van der Waals surface area contributed by atoms with Crippen LogP contribution in [-0.2, 0) is 16.6 Å². The maximum absolute atomic E-state index is 12.8. The van der Waals surface area contributed by atoms with Gasteiger partial charge in [-0.1, -0.05) is 5.21 Å². The van der Waals surface area contributed by atoms with Gasteiger partial charge in [-0.2, -0.15) is 4.31 Å². The fraction of sp³-hybridized carbons (Fsp3) is 0.381. The van der Waals surface area contributed by atoms with Crippen molar-refractivity contribution in [2.75, 3.05) is 39.2 Å². The summed E-state index contributed by atoms with van der Waals surface area (Å²) in [7, 11) is -0.456. The molecule has 11 nitrogen and oxygen atoms in total. The van der Waals surface area contributed by atoms with E-state index >= 15 is 0 Å². The van der Waals surface area contributed by atoms with Gasteiger partial charge < -0.3 is 20.1 Å². The molecule has 4 rings (SSSR count). The van der Waals surface area contributed by atoms with E-state index < -0.39 is 16.1 Å². The van der Waals surface area contributed by atoms with E-state index in [1.807, 2.05) is 0 Å². The van der Waals surface area contributed by atoms with Gasteiger partial charge >= 0.3 is 6.03 Å². The molecule has 2 N–H and O–H groups in total. The Labute approximate surface area is 191 Å². The number of aromatic nitrogens is 3. The second-order valence-electron chi connectivity index (χ2n) is 7.52. The molecule has 33 heavy (non-hydrogen) atoms. The van der Waals surface area contributed by atoms with E-state index in [4.69, 9.17) is 9.47 Å². The van der Waals surface area contributed by atoms with Gasteiger partial charge in [-0.25, -0.2) is 17.9 Å². The Morgan fingerprint density at radius 3 is 2.61 bits per heavy atom. The van der Waals surface area contributed by atoms with E-state index in [9.17, 15) is 13.2 Å². The highest BCUT2D eigenvalue weighted by molar-refractivity contribution is 7.89. The number of nitrogens with one attached hydrogen (secondary N) is 2. The van der Waals surface area contributed by atoms with Gasteiger partial charge in [0.15, 0.2) is 0 Å². The topological polar surface area (TPSA) is 128 Å². The van der Waals surface area contributed by atoms with Gasteiger partial charge in [0.1, 0.15) is 17.0 Å². The minimum atomic E-state index is -3.52. The molecule has 0 radical (unpaired) electrons. The SMILES string of the molecule is COc1ccc(NC(=O)NCCn2nnc3cc(S(=O)(=O)N4CCCC4)ccc32)c(OC)c1. The molecule has 3 aromatic rings. The molecule has 1 saturated heterocycles. The highest BCUT2D eigenvalue weighted by atomic mass is 32.2. The van der Waals surface area contributed by atoms with Crippen molar-refractivity contribution in [3.05, 3.63) is 36.4 Å². The van der Waals surface area contributed by atoms with Gasteiger partial charge in [-0.3, -0.25) is 0 Å². The fourth-order valence-corrected chi connectivity index (χ4v) is 5.24. The van der Waals surface area contributed by atoms with Gasteiger partial charge in [0, 0.05) is 25.7 Å². The lowest BCUT2D eigenvalue weighted by Crippen LogP contribution is -2.31. The summed E-state index contributed by atoms with van der Waals surface area (Å²) in [6.07, 6.45) is 1.76. The molecule has 0 unspecified atom stereocenters. The van der Waals surface area contributed by atoms with Crippen molar-refractivity contribution in [2.24, 2.45) is 0 Å². The monoisotopic (exact) mass is 474 g/mol. The van der Waals surface area contributed by atoms with Crippen LogP contribution in [0.5, 0.6) is 11.5 Å². The van der Waals surface area contributed by atoms with Crippen molar-refractivity contribution in [2.45, 2.75) is 24.3 Å². The number of methoxy groups -OCH3 is 2. The zero-order valence-electron chi connectivity index (χ0n) is 18.4. The first-order valence-corrected chi connectivity index (χ1v) is 12.0. The largest absolute Gasteiger partial charge is 0.497 e. The van der Waals surface area contributed by atoms with Crippen molar-refractivity contribution >= 4 is 32.8 Å². The number of fused-ring (bicyclic) bond motifs is 1. The molecule has 0 bridgehead atoms. The van der Waals surface area contributed by atoms with Gasteiger partial charge in [0.25, 0.3) is 0 Å². The Bertz CT molecular complexity index is 1250. The van der Waals surface area contributed by atoms with Crippen molar-refractivity contribution in [1.29, 1.82) is 0 Å². The number of carbonyl (C=O) groups is 1. The van der Waals surface area contributed by atoms with Crippen molar-refractivity contribution in [3.63, 3.8) is 0 Å². The number of anilines is 1. The van der Waals surface area contributed by atoms with E-state index in [0.29, 0.717) is 47.9 Å². The summed E-state index contributed by atoms with van der Waals surface area (Å²) in [4.78, 5) is 12.5. The Hall–Kier alpha value is -3.38. The number of carbonyl (C=O) groups excluding carboxylic acids is 1. The Morgan fingerprint density at radius 1 is 1.09 bits per heavy atom. The van der Waals surface area contributed by atoms with Gasteiger partial charge in [0.2, 0.25) is 10.0 Å². The molecular formula is C21H26N6O5S. The maximum atomic E-state index is 12.8. The van der Waals surface area contributed by atoms with E-state index in [1.165, 1.54) is 11.4 Å². The molecule has 0 saturated carbocycles. The number of benzene rings is 2. The van der Waals surface area contributed by atoms with Crippen LogP contribution in [0.3, 0.4) is 0 Å². The standard InChI is InChI=1S/C21H26N6O5S/c1-31-15-5-7-17(20(13-15)32-2)23-21(28)22-9-12-27-19-8-6-16(14-18(19)24-25-27)33(29,30)26-10-3-4-11-26/h5-8,13-14H,3-4,9-12H2,1-2H3,(H2,22,23,28). The first-order valence-electron chi connectivity index (χ1n) is 10.5. The molecular weight excluding hydrogens is 448 g/mol. The molecule has 0 aliphatic carbocycles. The summed E-state index contributed by atoms with van der Waals surface area (Å²) >= 11 is 0. The van der Waals surface area contributed by atoms with E-state index in [-0.39, 0.29) is 11.4 Å². The second-order valence-corrected chi connectivity index (χ2v) is 9.46. The maximum Gasteiger partial charge on any atom is 0.319 e. The fourth-order valence-electron chi connectivity index (χ4n) is 3.70. The van der Waals surface area contributed by atoms with Crippen molar-refractivity contribution in [1.82, 2.24) is 24.6 Å². The minimum Gasteiger partial charge on any atom is -0.497 e. The third-order valence-electron chi connectivity index (χ3n) is 5.45. The summed E-state index contributed by atoms with van der Waals surface area (Å²) < 4.78 is 39.1. The predicted octanol–water partition coefficient (Wildman–Crippen LogP) is 2.05. The van der Waals surface area contributed by atoms with Crippen LogP contribution in [0.15, 0.2) is 41.3 Å². The lowest BCUT2D eigenvalue weighted by atomic mass is 10.2. The summed E-state index contributed by atoms with van der Waals surface area (Å²) in [5.74, 6) is 1.10. The average molecular weight is 475 g/mol. The highest BCUT2D eigenvalue weighted by Crippen LogP contribution is 2.29. The van der Waals surface area contributed by atoms with E-state index in [1.54, 1.807) is 48.2 Å². The number of rotatable bonds is 8. The van der Waals surface area contributed by atoms with Crippen LogP contribution in [0, 0.1) is 0 Å². The van der Waals surface area contributed by atoms with Crippen molar-refractivity contribution in [3.8, 4) is 11.5 Å². The van der Waals surface area contributed by atoms with Crippen LogP contribution in [0.25, 0.3) is 11.0 Å². The number of nitrogens with zero attached hydrogens (tertiary/aromatic N) is 4. The quantitative estimate of drug-likeness (QED) is 0.511. The normalized spacial score (nSPS) is 14.4. The highest BCUT2D eigenvalue weighted by Gasteiger charge is 2.27. The first kappa shape index (κ1) is 22.8. The molecule has 2 heterocycles. The molecule has 176 valence electrons. The Morgan fingerprint density at radius 2 is 1.88 bits per heavy atom. The van der Waals surface area contributed by atoms with Crippen LogP contribution in [0.4, 0.5) is 10.5 Å². The summed E-state index contributed by atoms with van der Waals surface area (Å²) in [5.41, 5.74) is 1.69. The summed E-state index contributed by atoms with van der Waals surface area (Å²) in [6.45, 7) is 1.74. The van der Waals surface area contributed by atoms with Crippen LogP contribution < -0.4 is 20.1 Å². The molecule has 2 amide bonds. The zero-order valence-corrected chi connectivity index (χ0v) is 19.3. The van der Waals surface area contributed by atoms with Crippen LogP contribution in [0.1, 0.15) is 12.8 Å². The Kier molecular flexibility index (Phi) is 6.65. The van der Waals surface area contributed by atoms with Crippen LogP contribution in [0.2, 0.25) is 0 Å². The molecule has 12 heteroatoms. The van der Waals surface area contributed by atoms with Gasteiger partial charge in [-0.15, -0.1) is 5.10 Å². The smallest absolute Gasteiger partial charge is 0.319 e. The first-order chi connectivity index (χ1) is 15.9. The zero-order chi connectivity index (χ0) is 23.4. The summed E-state index contributed by atoms with van der Waals surface area (Å²) in [6, 6.07) is 9.50. The molecule has 1 aromatic heterocycles. The third kappa shape index (κ3) is 4.86. The molecule has 2 aromatic carbocycles. The molecule has 0 atom stereocenters. The number of sulfonamides is 1. The van der Waals surface area contributed by atoms with E-state index in [0.717, 1.165) is 12.8 Å². The average Bonchev–Trinajstić information content (AvgIpc) is 3.50. The van der Waals surface area contributed by atoms with E-state index in [2.05, 4.69) is 20.9 Å². The third-order valence-corrected chi connectivity index (χ3v) is 7.35. The molecule has 1 aliphatic heterocycles. The molecule has 1 aliphatic rings. The number of hydrogen-bond acceptors (Lipinski definition) is 7. The van der Waals surface area contributed by atoms with Crippen molar-refractivity contribution < 1.29 is 22.7 Å². The predicted molar refractivity (Wildman–Crippen MR) is 122 cm³/mol. The van der Waals surface area contributed by atoms with Crippen LogP contribution in [-0.4, -0.2) is 67.6 Å². The lowest BCUT2D eigenvalue weighted by Gasteiger charge is -2.15. The number of urea groups is 1. The molecule has 1 fully saturated rings. The second kappa shape index (κ2) is 9.63.